The first kappa shape index (κ1) is 15.3. The summed E-state index contributed by atoms with van der Waals surface area (Å²) in [4.78, 5) is 0. The summed E-state index contributed by atoms with van der Waals surface area (Å²) in [5.74, 6) is 0.324. The molecule has 1 aliphatic rings. The number of amidine groups is 1. The van der Waals surface area contributed by atoms with Crippen LogP contribution in [0, 0.1) is 10.8 Å². The van der Waals surface area contributed by atoms with E-state index in [0.29, 0.717) is 17.3 Å². The van der Waals surface area contributed by atoms with E-state index in [4.69, 9.17) is 10.9 Å². The van der Waals surface area contributed by atoms with E-state index in [9.17, 15) is 0 Å². The summed E-state index contributed by atoms with van der Waals surface area (Å²) in [7, 11) is 0. The highest BCUT2D eigenvalue weighted by Crippen LogP contribution is 2.36. The lowest BCUT2D eigenvalue weighted by Gasteiger charge is -2.23. The fraction of sp³-hybridized carbons (Fsp3) is 0.929. The summed E-state index contributed by atoms with van der Waals surface area (Å²) in [6.07, 6.45) is 5.87. The lowest BCUT2D eigenvalue weighted by molar-refractivity contribution is 0.303. The van der Waals surface area contributed by atoms with Gasteiger partial charge in [-0.3, -0.25) is 0 Å². The Bertz CT molecular complexity index is 297. The average Bonchev–Trinajstić information content (AvgIpc) is 2.63. The Morgan fingerprint density at radius 2 is 2.17 bits per heavy atom. The van der Waals surface area contributed by atoms with Crippen molar-refractivity contribution in [1.29, 1.82) is 0 Å². The minimum Gasteiger partial charge on any atom is -0.409 e. The van der Waals surface area contributed by atoms with E-state index < -0.39 is 0 Å². The van der Waals surface area contributed by atoms with Crippen molar-refractivity contribution in [1.82, 2.24) is 5.32 Å². The van der Waals surface area contributed by atoms with Crippen LogP contribution in [-0.4, -0.2) is 23.6 Å². The quantitative estimate of drug-likeness (QED) is 0.225. The van der Waals surface area contributed by atoms with Crippen LogP contribution in [0.3, 0.4) is 0 Å². The third-order valence-corrected chi connectivity index (χ3v) is 4.18. The molecule has 0 amide bonds. The van der Waals surface area contributed by atoms with Gasteiger partial charge in [-0.15, -0.1) is 0 Å². The smallest absolute Gasteiger partial charge is 0.144 e. The summed E-state index contributed by atoms with van der Waals surface area (Å²) in [5, 5.41) is 15.4. The number of rotatable bonds is 6. The Balaban J connectivity index is 2.20. The van der Waals surface area contributed by atoms with Gasteiger partial charge in [0.15, 0.2) is 0 Å². The molecule has 0 aromatic carbocycles. The van der Waals surface area contributed by atoms with Crippen LogP contribution < -0.4 is 11.1 Å². The minimum atomic E-state index is -0.217. The molecule has 1 aliphatic carbocycles. The van der Waals surface area contributed by atoms with Crippen LogP contribution >= 0.6 is 0 Å². The first-order valence-electron chi connectivity index (χ1n) is 6.98. The number of oxime groups is 1. The van der Waals surface area contributed by atoms with Crippen LogP contribution in [0.4, 0.5) is 0 Å². The van der Waals surface area contributed by atoms with Gasteiger partial charge in [0.2, 0.25) is 0 Å². The minimum absolute atomic E-state index is 0.217. The zero-order chi connectivity index (χ0) is 13.8. The number of nitrogens with zero attached hydrogens (tertiary/aromatic N) is 1. The van der Waals surface area contributed by atoms with Crippen molar-refractivity contribution < 1.29 is 5.21 Å². The van der Waals surface area contributed by atoms with E-state index in [1.807, 2.05) is 13.8 Å². The van der Waals surface area contributed by atoms with Crippen molar-refractivity contribution in [2.45, 2.75) is 65.8 Å². The van der Waals surface area contributed by atoms with Gasteiger partial charge in [-0.05, 0) is 44.1 Å². The van der Waals surface area contributed by atoms with Gasteiger partial charge in [-0.1, -0.05) is 32.9 Å². The molecular weight excluding hydrogens is 226 g/mol. The third-order valence-electron chi connectivity index (χ3n) is 4.18. The molecule has 0 saturated heterocycles. The van der Waals surface area contributed by atoms with Crippen molar-refractivity contribution in [2.75, 3.05) is 6.54 Å². The SMILES string of the molecule is CC1(C)CCC(NCCCC(C)(C)C(N)=NO)C1. The van der Waals surface area contributed by atoms with E-state index in [2.05, 4.69) is 24.3 Å². The van der Waals surface area contributed by atoms with Crippen LogP contribution in [0.25, 0.3) is 0 Å². The molecule has 1 fully saturated rings. The first-order chi connectivity index (χ1) is 8.27. The van der Waals surface area contributed by atoms with Gasteiger partial charge in [0.25, 0.3) is 0 Å². The molecule has 4 nitrogen and oxygen atoms in total. The Hall–Kier alpha value is -0.770. The number of nitrogens with two attached hydrogens (primary N) is 1. The highest BCUT2D eigenvalue weighted by Gasteiger charge is 2.30. The molecule has 0 aromatic heterocycles. The second-order valence-corrected chi connectivity index (χ2v) is 7.03. The van der Waals surface area contributed by atoms with Crippen LogP contribution in [0.5, 0.6) is 0 Å². The largest absolute Gasteiger partial charge is 0.409 e. The van der Waals surface area contributed by atoms with E-state index in [1.165, 1.54) is 19.3 Å². The molecule has 0 aliphatic heterocycles. The Morgan fingerprint density at radius 1 is 1.50 bits per heavy atom. The van der Waals surface area contributed by atoms with E-state index in [0.717, 1.165) is 19.4 Å². The highest BCUT2D eigenvalue weighted by molar-refractivity contribution is 5.85. The summed E-state index contributed by atoms with van der Waals surface area (Å²) in [6, 6.07) is 0.673. The molecule has 0 bridgehead atoms. The maximum atomic E-state index is 8.70. The van der Waals surface area contributed by atoms with Gasteiger partial charge in [-0.25, -0.2) is 0 Å². The first-order valence-corrected chi connectivity index (χ1v) is 6.98. The van der Waals surface area contributed by atoms with Gasteiger partial charge >= 0.3 is 0 Å². The fourth-order valence-corrected chi connectivity index (χ4v) is 2.71. The van der Waals surface area contributed by atoms with Gasteiger partial charge in [0.1, 0.15) is 5.84 Å². The highest BCUT2D eigenvalue weighted by atomic mass is 16.4. The van der Waals surface area contributed by atoms with Crippen molar-refractivity contribution in [3.8, 4) is 0 Å². The molecule has 0 aromatic rings. The Labute approximate surface area is 111 Å². The molecule has 0 radical (unpaired) electrons. The molecule has 1 rings (SSSR count). The fourth-order valence-electron chi connectivity index (χ4n) is 2.71. The molecule has 1 atom stereocenters. The molecule has 106 valence electrons. The molecule has 18 heavy (non-hydrogen) atoms. The summed E-state index contributed by atoms with van der Waals surface area (Å²) in [6.45, 7) is 9.73. The second-order valence-electron chi connectivity index (χ2n) is 7.03. The van der Waals surface area contributed by atoms with Gasteiger partial charge < -0.3 is 16.3 Å². The van der Waals surface area contributed by atoms with Gasteiger partial charge in [0.05, 0.1) is 0 Å². The zero-order valence-corrected chi connectivity index (χ0v) is 12.3. The maximum absolute atomic E-state index is 8.70. The van der Waals surface area contributed by atoms with Crippen LogP contribution in [0.15, 0.2) is 5.16 Å². The Kier molecular flexibility index (Phi) is 5.02. The average molecular weight is 255 g/mol. The number of hydrogen-bond donors (Lipinski definition) is 3. The summed E-state index contributed by atoms with van der Waals surface area (Å²) < 4.78 is 0. The van der Waals surface area contributed by atoms with Crippen LogP contribution in [-0.2, 0) is 0 Å². The monoisotopic (exact) mass is 255 g/mol. The van der Waals surface area contributed by atoms with Crippen LogP contribution in [0.1, 0.15) is 59.8 Å². The van der Waals surface area contributed by atoms with Crippen molar-refractivity contribution in [3.05, 3.63) is 0 Å². The third kappa shape index (κ3) is 4.48. The topological polar surface area (TPSA) is 70.6 Å². The van der Waals surface area contributed by atoms with Crippen molar-refractivity contribution in [3.63, 3.8) is 0 Å². The predicted molar refractivity (Wildman–Crippen MR) is 75.8 cm³/mol. The molecule has 0 spiro atoms. The molecule has 0 heterocycles. The van der Waals surface area contributed by atoms with Crippen molar-refractivity contribution in [2.24, 2.45) is 21.7 Å². The molecule has 4 heteroatoms. The van der Waals surface area contributed by atoms with Gasteiger partial charge in [0, 0.05) is 11.5 Å². The van der Waals surface area contributed by atoms with E-state index in [-0.39, 0.29) is 5.41 Å². The Morgan fingerprint density at radius 3 is 2.67 bits per heavy atom. The molecule has 1 saturated carbocycles. The molecule has 4 N–H and O–H groups in total. The van der Waals surface area contributed by atoms with Gasteiger partial charge in [-0.2, -0.15) is 0 Å². The summed E-state index contributed by atoms with van der Waals surface area (Å²) >= 11 is 0. The van der Waals surface area contributed by atoms with Crippen LogP contribution in [0.2, 0.25) is 0 Å². The van der Waals surface area contributed by atoms with E-state index in [1.54, 1.807) is 0 Å². The lowest BCUT2D eigenvalue weighted by Crippen LogP contribution is -2.34. The summed E-state index contributed by atoms with van der Waals surface area (Å²) in [5.41, 5.74) is 5.96. The molecule has 1 unspecified atom stereocenters. The second kappa shape index (κ2) is 5.91. The number of nitrogens with one attached hydrogen (secondary N) is 1. The predicted octanol–water partition coefficient (Wildman–Crippen LogP) is 2.71. The van der Waals surface area contributed by atoms with E-state index >= 15 is 0 Å². The standard InChI is InChI=1S/C14H29N3O/c1-13(2)8-6-11(10-13)16-9-5-7-14(3,4)12(15)17-18/h11,16,18H,5-10H2,1-4H3,(H2,15,17). The lowest BCUT2D eigenvalue weighted by atomic mass is 9.86. The van der Waals surface area contributed by atoms with Crippen molar-refractivity contribution >= 4 is 5.84 Å². The number of hydrogen-bond acceptors (Lipinski definition) is 3. The normalized spacial score (nSPS) is 24.4. The maximum Gasteiger partial charge on any atom is 0.144 e. The zero-order valence-electron chi connectivity index (χ0n) is 12.3. The molecular formula is C14H29N3O.